The van der Waals surface area contributed by atoms with Gasteiger partial charge in [-0.25, -0.2) is 4.79 Å². The number of rotatable bonds is 4. The molecule has 2 fully saturated rings. The molecule has 2 aromatic heterocycles. The van der Waals surface area contributed by atoms with Crippen LogP contribution in [-0.2, 0) is 6.54 Å². The third-order valence-corrected chi connectivity index (χ3v) is 7.96. The van der Waals surface area contributed by atoms with Crippen molar-refractivity contribution in [1.29, 1.82) is 0 Å². The molecule has 2 aliphatic rings. The highest BCUT2D eigenvalue weighted by molar-refractivity contribution is 7.10. The highest BCUT2D eigenvalue weighted by Gasteiger charge is 2.29. The highest BCUT2D eigenvalue weighted by atomic mass is 32.1. The Kier molecular flexibility index (Phi) is 5.33. The predicted octanol–water partition coefficient (Wildman–Crippen LogP) is 4.07. The Labute approximate surface area is 175 Å². The molecule has 6 heteroatoms. The Bertz CT molecular complexity index is 1020. The first-order valence-electron chi connectivity index (χ1n) is 10.9. The van der Waals surface area contributed by atoms with E-state index >= 15 is 0 Å². The largest absolute Gasteiger partial charge is 0.323 e. The SMILES string of the molecule is Cc1ccsc1CN1CCC(N2CCC(c3ccc4[nH]c(=O)[nH]c4c3)CC2)CC1. The first-order chi connectivity index (χ1) is 14.2. The number of H-pyrrole nitrogens is 2. The van der Waals surface area contributed by atoms with Gasteiger partial charge in [0.2, 0.25) is 0 Å². The Hall–Kier alpha value is -1.89. The molecule has 2 N–H and O–H groups in total. The van der Waals surface area contributed by atoms with E-state index < -0.39 is 0 Å². The monoisotopic (exact) mass is 410 g/mol. The molecule has 0 spiro atoms. The average Bonchev–Trinajstić information content (AvgIpc) is 3.32. The van der Waals surface area contributed by atoms with Gasteiger partial charge >= 0.3 is 5.69 Å². The van der Waals surface area contributed by atoms with Crippen molar-refractivity contribution in [3.8, 4) is 0 Å². The zero-order valence-electron chi connectivity index (χ0n) is 17.1. The van der Waals surface area contributed by atoms with Gasteiger partial charge in [-0.2, -0.15) is 0 Å². The third-order valence-electron chi connectivity index (χ3n) is 6.95. The van der Waals surface area contributed by atoms with E-state index in [2.05, 4.69) is 50.3 Å². The lowest BCUT2D eigenvalue weighted by Gasteiger charge is -2.42. The molecule has 2 aliphatic heterocycles. The second-order valence-electron chi connectivity index (χ2n) is 8.73. The fraction of sp³-hybridized carbons (Fsp3) is 0.522. The van der Waals surface area contributed by atoms with Crippen LogP contribution in [0.15, 0.2) is 34.4 Å². The Morgan fingerprint density at radius 1 is 1.00 bits per heavy atom. The number of benzene rings is 1. The molecule has 2 saturated heterocycles. The van der Waals surface area contributed by atoms with Crippen LogP contribution >= 0.6 is 11.3 Å². The normalized spacial score (nSPS) is 20.6. The van der Waals surface area contributed by atoms with Gasteiger partial charge in [0.05, 0.1) is 11.0 Å². The summed E-state index contributed by atoms with van der Waals surface area (Å²) in [6.07, 6.45) is 5.03. The average molecular weight is 411 g/mol. The van der Waals surface area contributed by atoms with Crippen LogP contribution in [0.3, 0.4) is 0 Å². The molecule has 0 unspecified atom stereocenters. The molecule has 3 aromatic rings. The number of imidazole rings is 1. The summed E-state index contributed by atoms with van der Waals surface area (Å²) >= 11 is 1.90. The van der Waals surface area contributed by atoms with Crippen LogP contribution in [0.1, 0.15) is 47.6 Å². The van der Waals surface area contributed by atoms with E-state index in [9.17, 15) is 4.79 Å². The van der Waals surface area contributed by atoms with Crippen molar-refractivity contribution < 1.29 is 0 Å². The molecule has 5 nitrogen and oxygen atoms in total. The third kappa shape index (κ3) is 4.06. The summed E-state index contributed by atoms with van der Waals surface area (Å²) in [6, 6.07) is 9.39. The highest BCUT2D eigenvalue weighted by Crippen LogP contribution is 2.32. The van der Waals surface area contributed by atoms with E-state index in [0.717, 1.165) is 23.6 Å². The van der Waals surface area contributed by atoms with Crippen LogP contribution in [0.5, 0.6) is 0 Å². The number of thiophene rings is 1. The standard InChI is InChI=1S/C23H30N4OS/c1-16-8-13-29-22(16)15-26-9-6-19(7-10-26)27-11-4-17(5-12-27)18-2-3-20-21(14-18)25-23(28)24-20/h2-3,8,13-14,17,19H,4-7,9-12,15H2,1H3,(H2,24,25,28). The van der Waals surface area contributed by atoms with Gasteiger partial charge in [-0.3, -0.25) is 4.90 Å². The molecule has 0 saturated carbocycles. The van der Waals surface area contributed by atoms with E-state index in [1.165, 1.54) is 67.9 Å². The Morgan fingerprint density at radius 3 is 2.48 bits per heavy atom. The first kappa shape index (κ1) is 19.1. The van der Waals surface area contributed by atoms with E-state index in [1.807, 2.05) is 17.4 Å². The zero-order chi connectivity index (χ0) is 19.8. The minimum absolute atomic E-state index is 0.118. The van der Waals surface area contributed by atoms with Crippen molar-refractivity contribution in [3.05, 3.63) is 56.1 Å². The lowest BCUT2D eigenvalue weighted by atomic mass is 9.88. The van der Waals surface area contributed by atoms with Crippen LogP contribution in [0, 0.1) is 6.92 Å². The fourth-order valence-corrected chi connectivity index (χ4v) is 6.06. The van der Waals surface area contributed by atoms with Crippen LogP contribution in [-0.4, -0.2) is 52.0 Å². The molecule has 154 valence electrons. The van der Waals surface area contributed by atoms with E-state index in [0.29, 0.717) is 5.92 Å². The Balaban J connectivity index is 1.14. The van der Waals surface area contributed by atoms with Crippen LogP contribution < -0.4 is 5.69 Å². The summed E-state index contributed by atoms with van der Waals surface area (Å²) in [6.45, 7) is 8.19. The van der Waals surface area contributed by atoms with Gasteiger partial charge in [0.15, 0.2) is 0 Å². The van der Waals surface area contributed by atoms with Crippen molar-refractivity contribution >= 4 is 22.4 Å². The van der Waals surface area contributed by atoms with Crippen molar-refractivity contribution in [3.63, 3.8) is 0 Å². The molecule has 0 atom stereocenters. The number of aryl methyl sites for hydroxylation is 1. The number of likely N-dealkylation sites (tertiary alicyclic amines) is 2. The van der Waals surface area contributed by atoms with Crippen molar-refractivity contribution in [2.45, 2.75) is 51.1 Å². The first-order valence-corrected chi connectivity index (χ1v) is 11.7. The van der Waals surface area contributed by atoms with Crippen molar-refractivity contribution in [2.24, 2.45) is 0 Å². The summed E-state index contributed by atoms with van der Waals surface area (Å²) in [5.74, 6) is 0.607. The van der Waals surface area contributed by atoms with Crippen molar-refractivity contribution in [2.75, 3.05) is 26.2 Å². The second-order valence-corrected chi connectivity index (χ2v) is 9.73. The van der Waals surface area contributed by atoms with Gasteiger partial charge < -0.3 is 14.9 Å². The quantitative estimate of drug-likeness (QED) is 0.682. The number of nitrogens with one attached hydrogen (secondary N) is 2. The minimum Gasteiger partial charge on any atom is -0.306 e. The van der Waals surface area contributed by atoms with E-state index in [-0.39, 0.29) is 5.69 Å². The van der Waals surface area contributed by atoms with Crippen LogP contribution in [0.2, 0.25) is 0 Å². The fourth-order valence-electron chi connectivity index (χ4n) is 5.11. The molecule has 29 heavy (non-hydrogen) atoms. The van der Waals surface area contributed by atoms with Crippen LogP contribution in [0.25, 0.3) is 11.0 Å². The Morgan fingerprint density at radius 2 is 1.76 bits per heavy atom. The molecule has 0 radical (unpaired) electrons. The summed E-state index contributed by atoms with van der Waals surface area (Å²) in [5, 5.41) is 2.22. The van der Waals surface area contributed by atoms with E-state index in [4.69, 9.17) is 0 Å². The minimum atomic E-state index is -0.118. The topological polar surface area (TPSA) is 55.1 Å². The number of nitrogens with zero attached hydrogens (tertiary/aromatic N) is 2. The van der Waals surface area contributed by atoms with Crippen molar-refractivity contribution in [1.82, 2.24) is 19.8 Å². The smallest absolute Gasteiger partial charge is 0.306 e. The van der Waals surface area contributed by atoms with Crippen LogP contribution in [0.4, 0.5) is 0 Å². The molecule has 4 heterocycles. The lowest BCUT2D eigenvalue weighted by molar-refractivity contribution is 0.0849. The molecular formula is C23H30N4OS. The maximum absolute atomic E-state index is 11.5. The number of piperidine rings is 2. The molecular weight excluding hydrogens is 380 g/mol. The van der Waals surface area contributed by atoms with Gasteiger partial charge in [0.25, 0.3) is 0 Å². The zero-order valence-corrected chi connectivity index (χ0v) is 17.9. The number of hydrogen-bond donors (Lipinski definition) is 2. The van der Waals surface area contributed by atoms with E-state index in [1.54, 1.807) is 0 Å². The summed E-state index contributed by atoms with van der Waals surface area (Å²) in [7, 11) is 0. The van der Waals surface area contributed by atoms with Gasteiger partial charge in [-0.05, 0) is 86.3 Å². The van der Waals surface area contributed by atoms with Gasteiger partial charge in [-0.15, -0.1) is 11.3 Å². The number of fused-ring (bicyclic) bond motifs is 1. The van der Waals surface area contributed by atoms with Gasteiger partial charge in [0.1, 0.15) is 0 Å². The molecule has 0 amide bonds. The molecule has 0 aliphatic carbocycles. The summed E-state index contributed by atoms with van der Waals surface area (Å²) in [4.78, 5) is 24.1. The maximum Gasteiger partial charge on any atom is 0.323 e. The van der Waals surface area contributed by atoms with Gasteiger partial charge in [-0.1, -0.05) is 6.07 Å². The maximum atomic E-state index is 11.5. The number of aromatic amines is 2. The summed E-state index contributed by atoms with van der Waals surface area (Å²) in [5.41, 5.74) is 4.53. The number of hydrogen-bond acceptors (Lipinski definition) is 4. The second kappa shape index (κ2) is 8.09. The predicted molar refractivity (Wildman–Crippen MR) is 120 cm³/mol. The number of aromatic nitrogens is 2. The lowest BCUT2D eigenvalue weighted by Crippen LogP contribution is -2.47. The molecule has 0 bridgehead atoms. The van der Waals surface area contributed by atoms with Gasteiger partial charge in [0, 0.05) is 30.6 Å². The molecule has 5 rings (SSSR count). The summed E-state index contributed by atoms with van der Waals surface area (Å²) < 4.78 is 0. The molecule has 1 aromatic carbocycles.